The largest absolute Gasteiger partial charge is 0.365 e. The van der Waals surface area contributed by atoms with Crippen molar-refractivity contribution in [1.82, 2.24) is 0 Å². The monoisotopic (exact) mass is 381 g/mol. The molecule has 1 aromatic heterocycles. The molecule has 4 nitrogen and oxygen atoms in total. The second-order valence-electron chi connectivity index (χ2n) is 7.46. The summed E-state index contributed by atoms with van der Waals surface area (Å²) in [6.45, 7) is 6.36. The van der Waals surface area contributed by atoms with Gasteiger partial charge in [0.1, 0.15) is 0 Å². The van der Waals surface area contributed by atoms with Crippen LogP contribution >= 0.6 is 11.3 Å². The van der Waals surface area contributed by atoms with E-state index in [1.807, 2.05) is 48.5 Å². The summed E-state index contributed by atoms with van der Waals surface area (Å²) in [6, 6.07) is 15.4. The lowest BCUT2D eigenvalue weighted by molar-refractivity contribution is 0.00304. The van der Waals surface area contributed by atoms with Crippen LogP contribution in [-0.4, -0.2) is 22.4 Å². The Balaban J connectivity index is 1.81. The van der Waals surface area contributed by atoms with Gasteiger partial charge in [-0.05, 0) is 64.9 Å². The maximum atomic E-state index is 12.6. The third-order valence-corrected chi connectivity index (χ3v) is 5.30. The third-order valence-electron chi connectivity index (χ3n) is 4.22. The van der Waals surface area contributed by atoms with Crippen LogP contribution in [0.4, 0.5) is 5.69 Å². The molecule has 0 saturated heterocycles. The predicted molar refractivity (Wildman–Crippen MR) is 112 cm³/mol. The third kappa shape index (κ3) is 4.83. The highest BCUT2D eigenvalue weighted by molar-refractivity contribution is 7.19. The summed E-state index contributed by atoms with van der Waals surface area (Å²) in [5, 5.41) is 21.8. The molecule has 3 aromatic rings. The van der Waals surface area contributed by atoms with Gasteiger partial charge in [0, 0.05) is 20.8 Å². The van der Waals surface area contributed by atoms with Crippen LogP contribution < -0.4 is 5.32 Å². The number of amides is 1. The van der Waals surface area contributed by atoms with Crippen molar-refractivity contribution in [3.05, 3.63) is 70.6 Å². The number of thiophene rings is 1. The van der Waals surface area contributed by atoms with Crippen molar-refractivity contribution < 1.29 is 15.0 Å². The smallest absolute Gasteiger partial charge is 0.255 e. The highest BCUT2D eigenvalue weighted by atomic mass is 32.1. The van der Waals surface area contributed by atoms with Crippen molar-refractivity contribution in [2.45, 2.75) is 32.5 Å². The standard InChI is InChI=1S/C22H23NO3S/c1-22(2,3)16-6-4-5-14(11-16)21(26)23-17-7-9-19-15(12-17)13-18(27-19)8-10-20(24)25/h4-13,20,24-25H,1-3H3,(H,23,26)/b10-8+. The second-order valence-corrected chi connectivity index (χ2v) is 8.57. The first kappa shape index (κ1) is 19.3. The summed E-state index contributed by atoms with van der Waals surface area (Å²) in [5.41, 5.74) is 2.46. The quantitative estimate of drug-likeness (QED) is 0.570. The van der Waals surface area contributed by atoms with Gasteiger partial charge in [0.2, 0.25) is 0 Å². The van der Waals surface area contributed by atoms with Gasteiger partial charge in [-0.15, -0.1) is 11.3 Å². The Bertz CT molecular complexity index is 996. The van der Waals surface area contributed by atoms with Crippen LogP contribution in [0.2, 0.25) is 0 Å². The van der Waals surface area contributed by atoms with Crippen molar-refractivity contribution >= 4 is 39.1 Å². The van der Waals surface area contributed by atoms with Gasteiger partial charge < -0.3 is 15.5 Å². The Labute approximate surface area is 162 Å². The van der Waals surface area contributed by atoms with Gasteiger partial charge in [0.05, 0.1) is 0 Å². The Hall–Kier alpha value is -2.47. The van der Waals surface area contributed by atoms with Crippen molar-refractivity contribution in [3.8, 4) is 0 Å². The van der Waals surface area contributed by atoms with Crippen LogP contribution in [0, 0.1) is 0 Å². The van der Waals surface area contributed by atoms with E-state index < -0.39 is 6.29 Å². The SMILES string of the molecule is CC(C)(C)c1cccc(C(=O)Nc2ccc3sc(/C=C/C(O)O)cc3c2)c1. The Kier molecular flexibility index (Phi) is 5.46. The fourth-order valence-electron chi connectivity index (χ4n) is 2.73. The number of anilines is 1. The number of fused-ring (bicyclic) bond motifs is 1. The zero-order chi connectivity index (χ0) is 19.6. The molecule has 1 heterocycles. The maximum Gasteiger partial charge on any atom is 0.255 e. The first-order valence-electron chi connectivity index (χ1n) is 8.72. The molecule has 0 aliphatic rings. The van der Waals surface area contributed by atoms with Gasteiger partial charge in [0.25, 0.3) is 5.91 Å². The molecule has 0 radical (unpaired) electrons. The minimum Gasteiger partial charge on any atom is -0.365 e. The van der Waals surface area contributed by atoms with E-state index in [1.54, 1.807) is 17.4 Å². The fraction of sp³-hybridized carbons (Fsp3) is 0.227. The number of hydrogen-bond acceptors (Lipinski definition) is 4. The molecule has 0 bridgehead atoms. The molecule has 140 valence electrons. The van der Waals surface area contributed by atoms with E-state index in [9.17, 15) is 4.79 Å². The number of aliphatic hydroxyl groups excluding tert-OH is 1. The van der Waals surface area contributed by atoms with Crippen molar-refractivity contribution in [2.75, 3.05) is 5.32 Å². The van der Waals surface area contributed by atoms with E-state index in [4.69, 9.17) is 10.2 Å². The first-order valence-corrected chi connectivity index (χ1v) is 9.54. The van der Waals surface area contributed by atoms with Crippen molar-refractivity contribution in [2.24, 2.45) is 0 Å². The predicted octanol–water partition coefficient (Wildman–Crippen LogP) is 4.78. The van der Waals surface area contributed by atoms with Crippen LogP contribution in [0.25, 0.3) is 16.2 Å². The van der Waals surface area contributed by atoms with Gasteiger partial charge in [0.15, 0.2) is 6.29 Å². The number of carbonyl (C=O) groups excluding carboxylic acids is 1. The van der Waals surface area contributed by atoms with E-state index in [0.717, 1.165) is 26.2 Å². The van der Waals surface area contributed by atoms with E-state index in [0.29, 0.717) is 5.56 Å². The van der Waals surface area contributed by atoms with E-state index >= 15 is 0 Å². The second kappa shape index (κ2) is 7.64. The van der Waals surface area contributed by atoms with Crippen LogP contribution in [0.1, 0.15) is 41.6 Å². The molecule has 0 atom stereocenters. The van der Waals surface area contributed by atoms with Crippen LogP contribution in [0.15, 0.2) is 54.6 Å². The Morgan fingerprint density at radius 2 is 1.89 bits per heavy atom. The van der Waals surface area contributed by atoms with Crippen molar-refractivity contribution in [1.29, 1.82) is 0 Å². The average Bonchev–Trinajstić information content (AvgIpc) is 3.01. The van der Waals surface area contributed by atoms with Crippen LogP contribution in [0.5, 0.6) is 0 Å². The Morgan fingerprint density at radius 1 is 1.11 bits per heavy atom. The van der Waals surface area contributed by atoms with Crippen molar-refractivity contribution in [3.63, 3.8) is 0 Å². The lowest BCUT2D eigenvalue weighted by atomic mass is 9.86. The van der Waals surface area contributed by atoms with E-state index in [2.05, 4.69) is 26.1 Å². The minimum absolute atomic E-state index is 0.0159. The lowest BCUT2D eigenvalue weighted by Crippen LogP contribution is -2.15. The van der Waals surface area contributed by atoms with Gasteiger partial charge >= 0.3 is 0 Å². The number of aliphatic hydroxyl groups is 2. The molecule has 3 rings (SSSR count). The molecular weight excluding hydrogens is 358 g/mol. The molecule has 3 N–H and O–H groups in total. The summed E-state index contributed by atoms with van der Waals surface area (Å²) in [7, 11) is 0. The van der Waals surface area contributed by atoms with Gasteiger partial charge in [-0.2, -0.15) is 0 Å². The zero-order valence-corrected chi connectivity index (χ0v) is 16.4. The maximum absolute atomic E-state index is 12.6. The van der Waals surface area contributed by atoms with Crippen LogP contribution in [-0.2, 0) is 5.41 Å². The number of carbonyl (C=O) groups is 1. The summed E-state index contributed by atoms with van der Waals surface area (Å²) in [6.07, 6.45) is 1.52. The summed E-state index contributed by atoms with van der Waals surface area (Å²) < 4.78 is 1.06. The van der Waals surface area contributed by atoms with Gasteiger partial charge in [-0.1, -0.05) is 32.9 Å². The van der Waals surface area contributed by atoms with Gasteiger partial charge in [-0.3, -0.25) is 4.79 Å². The minimum atomic E-state index is -1.46. The summed E-state index contributed by atoms with van der Waals surface area (Å²) in [5.74, 6) is -0.140. The number of nitrogens with one attached hydrogen (secondary N) is 1. The molecular formula is C22H23NO3S. The molecule has 0 unspecified atom stereocenters. The number of hydrogen-bond donors (Lipinski definition) is 3. The molecule has 0 aliphatic heterocycles. The van der Waals surface area contributed by atoms with Gasteiger partial charge in [-0.25, -0.2) is 0 Å². The molecule has 1 amide bonds. The molecule has 27 heavy (non-hydrogen) atoms. The molecule has 0 fully saturated rings. The number of rotatable bonds is 4. The normalized spacial score (nSPS) is 12.2. The fourth-order valence-corrected chi connectivity index (χ4v) is 3.69. The molecule has 0 saturated carbocycles. The number of benzene rings is 2. The lowest BCUT2D eigenvalue weighted by Gasteiger charge is -2.19. The first-order chi connectivity index (χ1) is 12.7. The molecule has 2 aromatic carbocycles. The highest BCUT2D eigenvalue weighted by Gasteiger charge is 2.16. The topological polar surface area (TPSA) is 69.6 Å². The molecule has 5 heteroatoms. The molecule has 0 aliphatic carbocycles. The summed E-state index contributed by atoms with van der Waals surface area (Å²) in [4.78, 5) is 13.6. The molecule has 0 spiro atoms. The highest BCUT2D eigenvalue weighted by Crippen LogP contribution is 2.29. The Morgan fingerprint density at radius 3 is 2.59 bits per heavy atom. The zero-order valence-electron chi connectivity index (χ0n) is 15.6. The van der Waals surface area contributed by atoms with E-state index in [1.165, 1.54) is 6.08 Å². The van der Waals surface area contributed by atoms with Crippen LogP contribution in [0.3, 0.4) is 0 Å². The summed E-state index contributed by atoms with van der Waals surface area (Å²) >= 11 is 1.55. The van der Waals surface area contributed by atoms with E-state index in [-0.39, 0.29) is 11.3 Å². The average molecular weight is 381 g/mol.